The molecule has 0 unspecified atom stereocenters. The lowest BCUT2D eigenvalue weighted by atomic mass is 10.1. The van der Waals surface area contributed by atoms with E-state index in [2.05, 4.69) is 59.1 Å². The van der Waals surface area contributed by atoms with Gasteiger partial charge in [-0.15, -0.1) is 0 Å². The van der Waals surface area contributed by atoms with Crippen LogP contribution >= 0.6 is 15.9 Å². The molecule has 0 atom stereocenters. The Morgan fingerprint density at radius 1 is 1.24 bits per heavy atom. The van der Waals surface area contributed by atoms with Crippen molar-refractivity contribution >= 4 is 31.5 Å². The van der Waals surface area contributed by atoms with Crippen molar-refractivity contribution in [2.75, 3.05) is 29.5 Å². The second-order valence-corrected chi connectivity index (χ2v) is 9.73. The van der Waals surface area contributed by atoms with E-state index in [4.69, 9.17) is 0 Å². The van der Waals surface area contributed by atoms with Gasteiger partial charge in [0.15, 0.2) is 9.84 Å². The molecule has 4 nitrogen and oxygen atoms in total. The summed E-state index contributed by atoms with van der Waals surface area (Å²) >= 11 is 3.52. The number of benzene rings is 1. The van der Waals surface area contributed by atoms with Crippen LogP contribution in [0.1, 0.15) is 26.3 Å². The first-order chi connectivity index (χ1) is 9.66. The number of anilines is 1. The van der Waals surface area contributed by atoms with Crippen molar-refractivity contribution in [1.29, 1.82) is 0 Å². The highest BCUT2D eigenvalue weighted by atomic mass is 79.9. The second kappa shape index (κ2) is 6.26. The van der Waals surface area contributed by atoms with Crippen LogP contribution in [0.2, 0.25) is 0 Å². The molecule has 0 radical (unpaired) electrons. The molecule has 1 aromatic carbocycles. The molecule has 1 aliphatic rings. The summed E-state index contributed by atoms with van der Waals surface area (Å²) in [5.74, 6) is 0.490. The Kier molecular flexibility index (Phi) is 5.00. The van der Waals surface area contributed by atoms with Crippen molar-refractivity contribution in [2.24, 2.45) is 0 Å². The topological polar surface area (TPSA) is 49.4 Å². The van der Waals surface area contributed by atoms with Gasteiger partial charge < -0.3 is 10.2 Å². The zero-order valence-corrected chi connectivity index (χ0v) is 15.2. The maximum Gasteiger partial charge on any atom is 0.153 e. The minimum Gasteiger partial charge on any atom is -0.369 e. The summed E-state index contributed by atoms with van der Waals surface area (Å²) in [5, 5.41) is 3.50. The maximum absolute atomic E-state index is 11.6. The van der Waals surface area contributed by atoms with Gasteiger partial charge in [0.1, 0.15) is 0 Å². The van der Waals surface area contributed by atoms with Gasteiger partial charge in [-0.2, -0.15) is 0 Å². The van der Waals surface area contributed by atoms with Gasteiger partial charge in [-0.3, -0.25) is 0 Å². The van der Waals surface area contributed by atoms with Crippen molar-refractivity contribution in [3.63, 3.8) is 0 Å². The molecule has 0 bridgehead atoms. The molecule has 6 heteroatoms. The van der Waals surface area contributed by atoms with Crippen LogP contribution in [-0.2, 0) is 16.4 Å². The van der Waals surface area contributed by atoms with E-state index in [0.29, 0.717) is 13.1 Å². The molecular formula is C15H23BrN2O2S. The van der Waals surface area contributed by atoms with Gasteiger partial charge in [0.25, 0.3) is 0 Å². The van der Waals surface area contributed by atoms with Gasteiger partial charge in [-0.05, 0) is 44.5 Å². The largest absolute Gasteiger partial charge is 0.369 e. The van der Waals surface area contributed by atoms with E-state index in [1.54, 1.807) is 0 Å². The molecule has 118 valence electrons. The van der Waals surface area contributed by atoms with Crippen LogP contribution in [0.5, 0.6) is 0 Å². The lowest BCUT2D eigenvalue weighted by Gasteiger charge is -2.31. The molecule has 1 aromatic rings. The fourth-order valence-corrected chi connectivity index (χ4v) is 3.93. The monoisotopic (exact) mass is 374 g/mol. The first-order valence-electron chi connectivity index (χ1n) is 7.15. The van der Waals surface area contributed by atoms with Crippen molar-refractivity contribution in [3.05, 3.63) is 28.2 Å². The van der Waals surface area contributed by atoms with E-state index < -0.39 is 9.84 Å². The summed E-state index contributed by atoms with van der Waals surface area (Å²) in [7, 11) is -2.85. The molecule has 1 fully saturated rings. The fourth-order valence-electron chi connectivity index (χ4n) is 2.32. The molecule has 1 aliphatic heterocycles. The first kappa shape index (κ1) is 16.8. The first-order valence-corrected chi connectivity index (χ1v) is 9.77. The highest BCUT2D eigenvalue weighted by Crippen LogP contribution is 2.26. The van der Waals surface area contributed by atoms with Crippen LogP contribution in [0, 0.1) is 0 Å². The van der Waals surface area contributed by atoms with Crippen molar-refractivity contribution < 1.29 is 8.42 Å². The predicted molar refractivity (Wildman–Crippen MR) is 91.6 cm³/mol. The summed E-state index contributed by atoms with van der Waals surface area (Å²) in [6.07, 6.45) is 0. The zero-order valence-electron chi connectivity index (χ0n) is 12.8. The molecule has 1 N–H and O–H groups in total. The van der Waals surface area contributed by atoms with Crippen LogP contribution in [0.25, 0.3) is 0 Å². The van der Waals surface area contributed by atoms with Gasteiger partial charge in [0.05, 0.1) is 11.5 Å². The van der Waals surface area contributed by atoms with E-state index in [1.165, 1.54) is 5.56 Å². The van der Waals surface area contributed by atoms with Crippen LogP contribution in [0.3, 0.4) is 0 Å². The van der Waals surface area contributed by atoms with E-state index in [0.717, 1.165) is 16.7 Å². The summed E-state index contributed by atoms with van der Waals surface area (Å²) in [4.78, 5) is 2.17. The Bertz CT molecular complexity index is 595. The number of sulfone groups is 1. The Morgan fingerprint density at radius 2 is 1.86 bits per heavy atom. The molecule has 0 aliphatic carbocycles. The lowest BCUT2D eigenvalue weighted by Crippen LogP contribution is -2.41. The quantitative estimate of drug-likeness (QED) is 0.882. The van der Waals surface area contributed by atoms with E-state index in [1.807, 2.05) is 6.07 Å². The third kappa shape index (κ3) is 4.97. The number of nitrogens with one attached hydrogen (secondary N) is 1. The Balaban J connectivity index is 2.19. The van der Waals surface area contributed by atoms with Gasteiger partial charge in [-0.1, -0.05) is 15.9 Å². The van der Waals surface area contributed by atoms with Crippen LogP contribution in [0.4, 0.5) is 5.69 Å². The van der Waals surface area contributed by atoms with E-state index >= 15 is 0 Å². The molecule has 0 saturated carbocycles. The van der Waals surface area contributed by atoms with Crippen LogP contribution in [-0.4, -0.2) is 38.6 Å². The van der Waals surface area contributed by atoms with Crippen molar-refractivity contribution in [1.82, 2.24) is 5.32 Å². The highest BCUT2D eigenvalue weighted by molar-refractivity contribution is 9.10. The minimum atomic E-state index is -2.85. The Hall–Kier alpha value is -0.590. The van der Waals surface area contributed by atoms with Gasteiger partial charge in [0.2, 0.25) is 0 Å². The highest BCUT2D eigenvalue weighted by Gasteiger charge is 2.23. The van der Waals surface area contributed by atoms with E-state index in [-0.39, 0.29) is 17.0 Å². The number of nitrogens with zero attached hydrogens (tertiary/aromatic N) is 1. The van der Waals surface area contributed by atoms with Crippen molar-refractivity contribution in [2.45, 2.75) is 32.9 Å². The third-order valence-corrected chi connectivity index (χ3v) is 5.64. The molecule has 1 saturated heterocycles. The summed E-state index contributed by atoms with van der Waals surface area (Å²) in [5.41, 5.74) is 2.37. The predicted octanol–water partition coefficient (Wildman–Crippen LogP) is 2.57. The maximum atomic E-state index is 11.6. The van der Waals surface area contributed by atoms with Gasteiger partial charge >= 0.3 is 0 Å². The average Bonchev–Trinajstić information content (AvgIpc) is 2.36. The van der Waals surface area contributed by atoms with Gasteiger partial charge in [0, 0.05) is 35.3 Å². The molecule has 2 rings (SSSR count). The smallest absolute Gasteiger partial charge is 0.153 e. The number of rotatable bonds is 3. The summed E-state index contributed by atoms with van der Waals surface area (Å²) in [6, 6.07) is 6.19. The Morgan fingerprint density at radius 3 is 2.43 bits per heavy atom. The van der Waals surface area contributed by atoms with Crippen LogP contribution in [0.15, 0.2) is 22.7 Å². The zero-order chi connectivity index (χ0) is 15.7. The normalized spacial score (nSPS) is 18.8. The molecule has 21 heavy (non-hydrogen) atoms. The summed E-state index contributed by atoms with van der Waals surface area (Å²) < 4.78 is 24.2. The van der Waals surface area contributed by atoms with Crippen LogP contribution < -0.4 is 10.2 Å². The lowest BCUT2D eigenvalue weighted by molar-refractivity contribution is 0.424. The fraction of sp³-hybridized carbons (Fsp3) is 0.600. The number of hydrogen-bond acceptors (Lipinski definition) is 4. The Labute approximate surface area is 136 Å². The molecule has 0 amide bonds. The van der Waals surface area contributed by atoms with E-state index in [9.17, 15) is 8.42 Å². The third-order valence-electron chi connectivity index (χ3n) is 3.54. The average molecular weight is 375 g/mol. The number of hydrogen-bond donors (Lipinski definition) is 1. The number of halogens is 1. The van der Waals surface area contributed by atoms with Gasteiger partial charge in [-0.25, -0.2) is 8.42 Å². The molecule has 0 spiro atoms. The SMILES string of the molecule is CC(C)(C)NCc1cc(Br)ccc1N1CCS(=O)(=O)CC1. The standard InChI is InChI=1S/C15H23BrN2O2S/c1-15(2,3)17-11-12-10-13(16)4-5-14(12)18-6-8-21(19,20)9-7-18/h4-5,10,17H,6-9,11H2,1-3H3. The summed E-state index contributed by atoms with van der Waals surface area (Å²) in [6.45, 7) is 8.33. The molecule has 1 heterocycles. The molecular weight excluding hydrogens is 352 g/mol. The second-order valence-electron chi connectivity index (χ2n) is 6.52. The minimum absolute atomic E-state index is 0.0465. The molecule has 0 aromatic heterocycles. The van der Waals surface area contributed by atoms with Crippen molar-refractivity contribution in [3.8, 4) is 0 Å².